The third kappa shape index (κ3) is 3.31. The lowest BCUT2D eigenvalue weighted by Crippen LogP contribution is -2.27. The molecule has 3 heterocycles. The van der Waals surface area contributed by atoms with Crippen molar-refractivity contribution >= 4 is 16.8 Å². The second-order valence-electron chi connectivity index (χ2n) is 8.30. The zero-order valence-electron chi connectivity index (χ0n) is 18.1. The minimum atomic E-state index is -0.176. The van der Waals surface area contributed by atoms with Crippen LogP contribution in [-0.4, -0.2) is 41.0 Å². The monoisotopic (exact) mass is 410 g/mol. The van der Waals surface area contributed by atoms with Crippen molar-refractivity contribution in [2.24, 2.45) is 0 Å². The molecule has 0 fully saturated rings. The van der Waals surface area contributed by atoms with E-state index < -0.39 is 0 Å². The summed E-state index contributed by atoms with van der Waals surface area (Å²) in [7, 11) is 3.81. The molecule has 5 heteroatoms. The smallest absolute Gasteiger partial charge is 0.269 e. The first kappa shape index (κ1) is 19.5. The zero-order chi connectivity index (χ0) is 21.5. The van der Waals surface area contributed by atoms with E-state index in [9.17, 15) is 4.79 Å². The molecule has 1 aliphatic rings. The number of pyridine rings is 1. The van der Waals surface area contributed by atoms with Crippen LogP contribution in [0.4, 0.5) is 0 Å². The van der Waals surface area contributed by atoms with Crippen LogP contribution in [0, 0.1) is 6.92 Å². The Labute approximate surface area is 182 Å². The summed E-state index contributed by atoms with van der Waals surface area (Å²) in [5.74, 6) is -0.176. The summed E-state index contributed by atoms with van der Waals surface area (Å²) in [4.78, 5) is 18.7. The number of fused-ring (bicyclic) bond motifs is 3. The number of hydrogen-bond acceptors (Lipinski definition) is 3. The van der Waals surface area contributed by atoms with E-state index in [1.165, 1.54) is 27.7 Å². The molecule has 156 valence electrons. The fourth-order valence-corrected chi connectivity index (χ4v) is 4.61. The minimum absolute atomic E-state index is 0.176. The van der Waals surface area contributed by atoms with Gasteiger partial charge in [0.05, 0.1) is 11.2 Å². The highest BCUT2D eigenvalue weighted by atomic mass is 16.1. The van der Waals surface area contributed by atoms with Gasteiger partial charge in [0.2, 0.25) is 0 Å². The lowest BCUT2D eigenvalue weighted by molar-refractivity contribution is 0.0958. The Hall–Kier alpha value is -3.44. The van der Waals surface area contributed by atoms with Gasteiger partial charge in [-0.25, -0.2) is 0 Å². The molecule has 0 atom stereocenters. The molecule has 1 aliphatic heterocycles. The first-order chi connectivity index (χ1) is 15.1. The van der Waals surface area contributed by atoms with Crippen LogP contribution in [0.5, 0.6) is 0 Å². The highest BCUT2D eigenvalue weighted by Crippen LogP contribution is 2.37. The van der Waals surface area contributed by atoms with Gasteiger partial charge in [0, 0.05) is 55.0 Å². The summed E-state index contributed by atoms with van der Waals surface area (Å²) >= 11 is 0. The molecule has 0 spiro atoms. The van der Waals surface area contributed by atoms with Crippen LogP contribution in [0.25, 0.3) is 27.7 Å². The van der Waals surface area contributed by atoms with Crippen LogP contribution >= 0.6 is 0 Å². The molecule has 0 unspecified atom stereocenters. The van der Waals surface area contributed by atoms with E-state index in [-0.39, 0.29) is 5.91 Å². The van der Waals surface area contributed by atoms with Gasteiger partial charge in [0.25, 0.3) is 5.91 Å². The summed E-state index contributed by atoms with van der Waals surface area (Å²) in [6.45, 7) is 4.17. The fourth-order valence-electron chi connectivity index (χ4n) is 4.61. The summed E-state index contributed by atoms with van der Waals surface area (Å²) < 4.78 is 2.43. The number of nitrogens with zero attached hydrogens (tertiary/aromatic N) is 3. The predicted octanol–water partition coefficient (Wildman–Crippen LogP) is 4.35. The van der Waals surface area contributed by atoms with Crippen molar-refractivity contribution in [3.05, 3.63) is 83.3 Å². The summed E-state index contributed by atoms with van der Waals surface area (Å²) in [6, 6.07) is 19.0. The van der Waals surface area contributed by atoms with E-state index in [4.69, 9.17) is 0 Å². The van der Waals surface area contributed by atoms with Crippen LogP contribution < -0.4 is 5.32 Å². The standard InChI is InChI=1S/C26H26N4O/c1-17-8-11-24-20(14-17)21-16-29(3)13-12-25(21)30(24)23-7-5-4-6-19(23)18-9-10-22(28-15-18)26(31)27-2/h4-11,14-15H,12-13,16H2,1-3H3,(H,27,31). The van der Waals surface area contributed by atoms with Crippen LogP contribution in [0.1, 0.15) is 27.3 Å². The normalized spacial score (nSPS) is 13.9. The van der Waals surface area contributed by atoms with Gasteiger partial charge in [-0.2, -0.15) is 0 Å². The number of aromatic nitrogens is 2. The van der Waals surface area contributed by atoms with Gasteiger partial charge >= 0.3 is 0 Å². The summed E-state index contributed by atoms with van der Waals surface area (Å²) in [5.41, 5.74) is 9.02. The van der Waals surface area contributed by atoms with Gasteiger partial charge < -0.3 is 14.8 Å². The number of hydrogen-bond donors (Lipinski definition) is 1. The average molecular weight is 411 g/mol. The van der Waals surface area contributed by atoms with Crippen molar-refractivity contribution in [3.63, 3.8) is 0 Å². The van der Waals surface area contributed by atoms with E-state index >= 15 is 0 Å². The van der Waals surface area contributed by atoms with Gasteiger partial charge in [-0.3, -0.25) is 9.78 Å². The lowest BCUT2D eigenvalue weighted by atomic mass is 10.0. The highest BCUT2D eigenvalue weighted by Gasteiger charge is 2.24. The van der Waals surface area contributed by atoms with Gasteiger partial charge in [-0.1, -0.05) is 35.9 Å². The first-order valence-electron chi connectivity index (χ1n) is 10.7. The maximum Gasteiger partial charge on any atom is 0.269 e. The molecule has 4 aromatic rings. The van der Waals surface area contributed by atoms with Gasteiger partial charge in [-0.15, -0.1) is 0 Å². The molecule has 0 aliphatic carbocycles. The quantitative estimate of drug-likeness (QED) is 0.546. The summed E-state index contributed by atoms with van der Waals surface area (Å²) in [5, 5.41) is 3.96. The molecular weight excluding hydrogens is 384 g/mol. The van der Waals surface area contributed by atoms with E-state index in [0.717, 1.165) is 36.3 Å². The number of aryl methyl sites for hydroxylation is 1. The zero-order valence-corrected chi connectivity index (χ0v) is 18.1. The van der Waals surface area contributed by atoms with Crippen molar-refractivity contribution in [1.29, 1.82) is 0 Å². The van der Waals surface area contributed by atoms with E-state index in [2.05, 4.69) is 76.2 Å². The summed E-state index contributed by atoms with van der Waals surface area (Å²) in [6.07, 6.45) is 2.81. The second kappa shape index (κ2) is 7.67. The molecule has 0 saturated carbocycles. The van der Waals surface area contributed by atoms with Crippen LogP contribution in [0.15, 0.2) is 60.8 Å². The number of carbonyl (C=O) groups excluding carboxylic acids is 1. The van der Waals surface area contributed by atoms with Gasteiger partial charge in [-0.05, 0) is 43.8 Å². The van der Waals surface area contributed by atoms with Crippen molar-refractivity contribution in [1.82, 2.24) is 19.8 Å². The van der Waals surface area contributed by atoms with Gasteiger partial charge in [0.1, 0.15) is 5.69 Å². The Morgan fingerprint density at radius 3 is 2.71 bits per heavy atom. The minimum Gasteiger partial charge on any atom is -0.354 e. The molecule has 2 aromatic heterocycles. The van der Waals surface area contributed by atoms with Crippen LogP contribution in [0.2, 0.25) is 0 Å². The maximum absolute atomic E-state index is 11.9. The van der Waals surface area contributed by atoms with E-state index in [0.29, 0.717) is 5.69 Å². The van der Waals surface area contributed by atoms with E-state index in [1.807, 2.05) is 6.07 Å². The Kier molecular flexibility index (Phi) is 4.83. The molecule has 0 radical (unpaired) electrons. The van der Waals surface area contributed by atoms with Crippen molar-refractivity contribution < 1.29 is 4.79 Å². The first-order valence-corrected chi connectivity index (χ1v) is 10.7. The Morgan fingerprint density at radius 2 is 1.94 bits per heavy atom. The number of rotatable bonds is 3. The average Bonchev–Trinajstić information content (AvgIpc) is 3.11. The molecule has 0 saturated heterocycles. The Balaban J connectivity index is 1.72. The van der Waals surface area contributed by atoms with Crippen LogP contribution in [0.3, 0.4) is 0 Å². The molecule has 1 amide bonds. The van der Waals surface area contributed by atoms with Crippen molar-refractivity contribution in [2.75, 3.05) is 20.6 Å². The number of likely N-dealkylation sites (N-methyl/N-ethyl adjacent to an activating group) is 1. The number of amides is 1. The lowest BCUT2D eigenvalue weighted by Gasteiger charge is -2.25. The maximum atomic E-state index is 11.9. The molecule has 2 aromatic carbocycles. The highest BCUT2D eigenvalue weighted by molar-refractivity contribution is 5.93. The molecule has 5 nitrogen and oxygen atoms in total. The van der Waals surface area contributed by atoms with Crippen molar-refractivity contribution in [2.45, 2.75) is 19.9 Å². The van der Waals surface area contributed by atoms with Crippen molar-refractivity contribution in [3.8, 4) is 16.8 Å². The third-order valence-corrected chi connectivity index (χ3v) is 6.17. The third-order valence-electron chi connectivity index (χ3n) is 6.17. The number of nitrogens with one attached hydrogen (secondary N) is 1. The van der Waals surface area contributed by atoms with E-state index in [1.54, 1.807) is 19.3 Å². The number of carbonyl (C=O) groups is 1. The fraction of sp³-hybridized carbons (Fsp3) is 0.231. The predicted molar refractivity (Wildman–Crippen MR) is 125 cm³/mol. The number of benzene rings is 2. The largest absolute Gasteiger partial charge is 0.354 e. The Bertz CT molecular complexity index is 1290. The molecule has 1 N–H and O–H groups in total. The number of para-hydroxylation sites is 1. The molecular formula is C26H26N4O. The van der Waals surface area contributed by atoms with Gasteiger partial charge in [0.15, 0.2) is 0 Å². The topological polar surface area (TPSA) is 50.2 Å². The molecule has 31 heavy (non-hydrogen) atoms. The molecule has 5 rings (SSSR count). The Morgan fingerprint density at radius 1 is 1.10 bits per heavy atom. The SMILES string of the molecule is CNC(=O)c1ccc(-c2ccccc2-n2c3c(c4cc(C)ccc42)CN(C)CC3)cn1. The molecule has 0 bridgehead atoms. The second-order valence-corrected chi connectivity index (χ2v) is 8.30. The van der Waals surface area contributed by atoms with Crippen LogP contribution in [-0.2, 0) is 13.0 Å².